The van der Waals surface area contributed by atoms with Gasteiger partial charge in [0.15, 0.2) is 5.84 Å². The minimum Gasteiger partial charge on any atom is -0.367 e. The van der Waals surface area contributed by atoms with Gasteiger partial charge in [-0.05, 0) is 23.3 Å². The quantitative estimate of drug-likeness (QED) is 0.768. The average molecular weight is 358 g/mol. The molecule has 0 spiro atoms. The van der Waals surface area contributed by atoms with Crippen molar-refractivity contribution in [1.29, 1.82) is 0 Å². The highest BCUT2D eigenvalue weighted by molar-refractivity contribution is 6.39. The summed E-state index contributed by atoms with van der Waals surface area (Å²) in [5.41, 5.74) is 3.24. The number of rotatable bonds is 1. The Morgan fingerprint density at radius 3 is 2.71 bits per heavy atom. The van der Waals surface area contributed by atoms with Crippen LogP contribution in [-0.4, -0.2) is 23.4 Å². The summed E-state index contributed by atoms with van der Waals surface area (Å²) in [5, 5.41) is 7.33. The van der Waals surface area contributed by atoms with Crippen molar-refractivity contribution >= 4 is 34.7 Å². The molecule has 6 heteroatoms. The third kappa shape index (κ3) is 2.07. The Morgan fingerprint density at radius 2 is 1.88 bits per heavy atom. The molecule has 1 aliphatic carbocycles. The van der Waals surface area contributed by atoms with Crippen LogP contribution in [0.3, 0.4) is 0 Å². The largest absolute Gasteiger partial charge is 0.367 e. The molecule has 2 radical (unpaired) electrons. The smallest absolute Gasteiger partial charge is 0.233 e. The van der Waals surface area contributed by atoms with Crippen LogP contribution in [0.15, 0.2) is 47.6 Å². The van der Waals surface area contributed by atoms with E-state index in [4.69, 9.17) is 27.9 Å². The molecule has 0 N–H and O–H groups in total. The summed E-state index contributed by atoms with van der Waals surface area (Å²) in [7, 11) is 0. The molecule has 0 saturated carbocycles. The Morgan fingerprint density at radius 1 is 1.08 bits per heavy atom. The second-order valence-electron chi connectivity index (χ2n) is 6.07. The standard InChI is InChI=1S/C18H13Cl2N3O/c19-13-6-3-7-14(20)18(13)23-10-22-16(21-23)9-24-15-8-11-4-1-2-5-12(11)17(15)22/h1-7,15,17H,8-9H2/t15-,17+/m1/s1. The zero-order valence-corrected chi connectivity index (χ0v) is 14.1. The number of para-hydroxylation sites is 1. The first-order valence-electron chi connectivity index (χ1n) is 7.79. The van der Waals surface area contributed by atoms with Crippen LogP contribution in [0.2, 0.25) is 10.0 Å². The summed E-state index contributed by atoms with van der Waals surface area (Å²) in [5.74, 6) is 0.823. The minimum absolute atomic E-state index is 0.0972. The summed E-state index contributed by atoms with van der Waals surface area (Å²) in [4.78, 5) is 2.07. The summed E-state index contributed by atoms with van der Waals surface area (Å²) >= 11 is 12.6. The van der Waals surface area contributed by atoms with E-state index in [2.05, 4.69) is 40.9 Å². The Bertz CT molecular complexity index is 834. The Hall–Kier alpha value is -1.75. The highest BCUT2D eigenvalue weighted by atomic mass is 35.5. The number of morpholine rings is 1. The van der Waals surface area contributed by atoms with Gasteiger partial charge in [0, 0.05) is 6.42 Å². The van der Waals surface area contributed by atoms with Gasteiger partial charge in [-0.25, -0.2) is 5.01 Å². The first-order chi connectivity index (χ1) is 11.7. The predicted molar refractivity (Wildman–Crippen MR) is 94.1 cm³/mol. The monoisotopic (exact) mass is 357 g/mol. The molecule has 3 aliphatic rings. The number of hydrogen-bond acceptors (Lipinski definition) is 4. The predicted octanol–water partition coefficient (Wildman–Crippen LogP) is 4.12. The summed E-state index contributed by atoms with van der Waals surface area (Å²) in [6, 6.07) is 13.9. The van der Waals surface area contributed by atoms with Crippen molar-refractivity contribution in [2.45, 2.75) is 18.6 Å². The van der Waals surface area contributed by atoms with Crippen LogP contribution in [0.4, 0.5) is 5.69 Å². The topological polar surface area (TPSA) is 28.1 Å². The molecule has 0 unspecified atom stereocenters. The number of halogens is 2. The van der Waals surface area contributed by atoms with Crippen molar-refractivity contribution in [1.82, 2.24) is 4.90 Å². The molecule has 0 bridgehead atoms. The fourth-order valence-electron chi connectivity index (χ4n) is 3.63. The molecule has 2 aromatic rings. The van der Waals surface area contributed by atoms with Gasteiger partial charge in [0.1, 0.15) is 6.61 Å². The zero-order valence-electron chi connectivity index (χ0n) is 12.6. The molecule has 120 valence electrons. The highest BCUT2D eigenvalue weighted by Crippen LogP contribution is 2.45. The van der Waals surface area contributed by atoms with Gasteiger partial charge in [-0.2, -0.15) is 5.10 Å². The second-order valence-corrected chi connectivity index (χ2v) is 6.88. The first kappa shape index (κ1) is 14.6. The van der Waals surface area contributed by atoms with Gasteiger partial charge >= 0.3 is 0 Å². The Kier molecular flexibility index (Phi) is 3.27. The van der Waals surface area contributed by atoms with Crippen LogP contribution in [-0.2, 0) is 11.2 Å². The molecule has 24 heavy (non-hydrogen) atoms. The number of fused-ring (bicyclic) bond motifs is 5. The number of hydrazone groups is 1. The van der Waals surface area contributed by atoms with E-state index in [1.807, 2.05) is 6.07 Å². The van der Waals surface area contributed by atoms with Crippen LogP contribution in [0, 0.1) is 6.67 Å². The minimum atomic E-state index is 0.0972. The molecular weight excluding hydrogens is 345 g/mol. The molecule has 1 fully saturated rings. The van der Waals surface area contributed by atoms with E-state index in [-0.39, 0.29) is 12.1 Å². The van der Waals surface area contributed by atoms with E-state index < -0.39 is 0 Å². The van der Waals surface area contributed by atoms with Gasteiger partial charge in [0.25, 0.3) is 0 Å². The van der Waals surface area contributed by atoms with E-state index >= 15 is 0 Å². The van der Waals surface area contributed by atoms with Gasteiger partial charge in [0.05, 0.1) is 27.9 Å². The van der Waals surface area contributed by atoms with Crippen molar-refractivity contribution in [2.24, 2.45) is 5.10 Å². The van der Waals surface area contributed by atoms with E-state index in [0.29, 0.717) is 22.3 Å². The van der Waals surface area contributed by atoms with Crippen LogP contribution in [0.1, 0.15) is 17.2 Å². The molecule has 0 amide bonds. The number of benzene rings is 2. The zero-order chi connectivity index (χ0) is 16.3. The fourth-order valence-corrected chi connectivity index (χ4v) is 4.19. The lowest BCUT2D eigenvalue weighted by Gasteiger charge is -2.35. The lowest BCUT2D eigenvalue weighted by atomic mass is 10.1. The normalized spacial score (nSPS) is 24.5. The maximum absolute atomic E-state index is 6.31. The SMILES string of the molecule is Clc1cccc(Cl)c1N1[C]N2C(=N1)CO[C@@H]1Cc3ccccc3[C@@H]12. The number of nitrogens with zero attached hydrogens (tertiary/aromatic N) is 3. The van der Waals surface area contributed by atoms with Crippen molar-refractivity contribution in [3.63, 3.8) is 0 Å². The van der Waals surface area contributed by atoms with Crippen molar-refractivity contribution in [3.8, 4) is 0 Å². The van der Waals surface area contributed by atoms with Gasteiger partial charge in [-0.3, -0.25) is 0 Å². The van der Waals surface area contributed by atoms with Gasteiger partial charge < -0.3 is 9.64 Å². The van der Waals surface area contributed by atoms with E-state index in [0.717, 1.165) is 12.3 Å². The Labute approximate surface area is 150 Å². The lowest BCUT2D eigenvalue weighted by Crippen LogP contribution is -2.44. The molecule has 2 aliphatic heterocycles. The van der Waals surface area contributed by atoms with E-state index in [9.17, 15) is 0 Å². The van der Waals surface area contributed by atoms with E-state index in [1.165, 1.54) is 11.1 Å². The maximum Gasteiger partial charge on any atom is 0.233 e. The van der Waals surface area contributed by atoms with Crippen molar-refractivity contribution < 1.29 is 4.74 Å². The molecule has 2 aromatic carbocycles. The Balaban J connectivity index is 1.53. The van der Waals surface area contributed by atoms with Crippen LogP contribution in [0.5, 0.6) is 0 Å². The molecule has 2 heterocycles. The molecule has 1 saturated heterocycles. The van der Waals surface area contributed by atoms with Crippen molar-refractivity contribution in [3.05, 3.63) is 70.3 Å². The molecule has 2 atom stereocenters. The summed E-state index contributed by atoms with van der Waals surface area (Å²) < 4.78 is 6.04. The van der Waals surface area contributed by atoms with Gasteiger partial charge in [-0.1, -0.05) is 53.5 Å². The van der Waals surface area contributed by atoms with Gasteiger partial charge in [0.2, 0.25) is 6.67 Å². The van der Waals surface area contributed by atoms with Gasteiger partial charge in [-0.15, -0.1) is 0 Å². The number of hydrogen-bond donors (Lipinski definition) is 0. The third-order valence-corrected chi connectivity index (χ3v) is 5.31. The van der Waals surface area contributed by atoms with Crippen LogP contribution in [0.25, 0.3) is 0 Å². The average Bonchev–Trinajstić information content (AvgIpc) is 3.14. The summed E-state index contributed by atoms with van der Waals surface area (Å²) in [6.07, 6.45) is 1.04. The first-order valence-corrected chi connectivity index (χ1v) is 8.54. The molecule has 5 rings (SSSR count). The summed E-state index contributed by atoms with van der Waals surface area (Å²) in [6.45, 7) is 3.78. The molecular formula is C18H13Cl2N3O. The number of ether oxygens (including phenoxy) is 1. The number of amidine groups is 1. The maximum atomic E-state index is 6.31. The second kappa shape index (κ2) is 5.38. The lowest BCUT2D eigenvalue weighted by molar-refractivity contribution is 0.0119. The van der Waals surface area contributed by atoms with Crippen molar-refractivity contribution in [2.75, 3.05) is 11.6 Å². The third-order valence-electron chi connectivity index (χ3n) is 4.70. The van der Waals surface area contributed by atoms with Crippen LogP contribution < -0.4 is 5.01 Å². The van der Waals surface area contributed by atoms with E-state index in [1.54, 1.807) is 17.1 Å². The van der Waals surface area contributed by atoms with Crippen LogP contribution >= 0.6 is 23.2 Å². The number of anilines is 1. The fraction of sp³-hybridized carbons (Fsp3) is 0.222. The highest BCUT2D eigenvalue weighted by Gasteiger charge is 2.46. The molecule has 0 aromatic heterocycles. The molecule has 4 nitrogen and oxygen atoms in total.